The number of aromatic hydroxyl groups is 1. The van der Waals surface area contributed by atoms with Crippen molar-refractivity contribution in [2.75, 3.05) is 0 Å². The summed E-state index contributed by atoms with van der Waals surface area (Å²) in [5, 5.41) is 10.1. The van der Waals surface area contributed by atoms with E-state index in [0.717, 1.165) is 16.5 Å². The highest BCUT2D eigenvalue weighted by Gasteiger charge is 1.99. The van der Waals surface area contributed by atoms with Gasteiger partial charge in [0, 0.05) is 22.8 Å². The van der Waals surface area contributed by atoms with Crippen LogP contribution in [-0.4, -0.2) is 10.1 Å². The fourth-order valence-corrected chi connectivity index (χ4v) is 1.42. The highest BCUT2D eigenvalue weighted by molar-refractivity contribution is 6.17. The lowest BCUT2D eigenvalue weighted by Gasteiger charge is -1.93. The number of aromatic nitrogens is 1. The molecule has 3 heteroatoms. The molecule has 0 radical (unpaired) electrons. The van der Waals surface area contributed by atoms with Crippen LogP contribution in [0.15, 0.2) is 24.3 Å². The van der Waals surface area contributed by atoms with Crippen molar-refractivity contribution in [2.24, 2.45) is 0 Å². The lowest BCUT2D eigenvalue weighted by Crippen LogP contribution is -1.75. The van der Waals surface area contributed by atoms with E-state index in [2.05, 4.69) is 4.98 Å². The van der Waals surface area contributed by atoms with Gasteiger partial charge < -0.3 is 10.1 Å². The Hall–Kier alpha value is -1.15. The summed E-state index contributed by atoms with van der Waals surface area (Å²) in [6, 6.07) is 7.49. The van der Waals surface area contributed by atoms with Crippen molar-refractivity contribution < 1.29 is 5.11 Å². The van der Waals surface area contributed by atoms with Crippen molar-refractivity contribution in [3.63, 3.8) is 0 Å². The average Bonchev–Trinajstić information content (AvgIpc) is 2.43. The van der Waals surface area contributed by atoms with E-state index in [4.69, 9.17) is 16.7 Å². The third-order valence-corrected chi connectivity index (χ3v) is 2.13. The minimum Gasteiger partial charge on any atom is -0.495 e. The summed E-state index contributed by atoms with van der Waals surface area (Å²) in [5.41, 5.74) is 1.99. The van der Waals surface area contributed by atoms with Crippen LogP contribution in [-0.2, 0) is 5.88 Å². The Morgan fingerprint density at radius 2 is 2.17 bits per heavy atom. The molecule has 0 saturated carbocycles. The van der Waals surface area contributed by atoms with E-state index in [-0.39, 0.29) is 5.88 Å². The van der Waals surface area contributed by atoms with E-state index in [1.54, 1.807) is 6.07 Å². The largest absolute Gasteiger partial charge is 0.495 e. The molecule has 1 heterocycles. The molecule has 0 aliphatic carbocycles. The van der Waals surface area contributed by atoms with Crippen molar-refractivity contribution in [1.29, 1.82) is 0 Å². The summed E-state index contributed by atoms with van der Waals surface area (Å²) < 4.78 is 0. The lowest BCUT2D eigenvalue weighted by atomic mass is 10.2. The van der Waals surface area contributed by atoms with Crippen molar-refractivity contribution in [1.82, 2.24) is 4.98 Å². The van der Waals surface area contributed by atoms with E-state index in [0.29, 0.717) is 5.88 Å². The van der Waals surface area contributed by atoms with Gasteiger partial charge in [-0.05, 0) is 17.7 Å². The van der Waals surface area contributed by atoms with Gasteiger partial charge in [-0.1, -0.05) is 6.07 Å². The van der Waals surface area contributed by atoms with Crippen molar-refractivity contribution in [3.8, 4) is 5.88 Å². The third kappa shape index (κ3) is 1.14. The molecule has 0 amide bonds. The summed E-state index contributed by atoms with van der Waals surface area (Å²) in [4.78, 5) is 2.82. The number of alkyl halides is 1. The van der Waals surface area contributed by atoms with Gasteiger partial charge in [0.1, 0.15) is 0 Å². The smallest absolute Gasteiger partial charge is 0.189 e. The molecule has 0 fully saturated rings. The molecular weight excluding hydrogens is 174 g/mol. The van der Waals surface area contributed by atoms with Crippen LogP contribution in [0.25, 0.3) is 10.9 Å². The molecular formula is C9H8ClNO. The Morgan fingerprint density at radius 1 is 1.33 bits per heavy atom. The van der Waals surface area contributed by atoms with Crippen LogP contribution in [0.5, 0.6) is 5.88 Å². The maximum absolute atomic E-state index is 9.13. The number of benzene rings is 1. The van der Waals surface area contributed by atoms with Gasteiger partial charge in [-0.15, -0.1) is 11.6 Å². The molecule has 0 bridgehead atoms. The van der Waals surface area contributed by atoms with Crippen molar-refractivity contribution >= 4 is 22.5 Å². The Bertz CT molecular complexity index is 408. The number of hydrogen-bond acceptors (Lipinski definition) is 1. The minimum absolute atomic E-state index is 0.191. The number of H-pyrrole nitrogens is 1. The van der Waals surface area contributed by atoms with Gasteiger partial charge in [0.05, 0.1) is 0 Å². The fraction of sp³-hybridized carbons (Fsp3) is 0.111. The monoisotopic (exact) mass is 181 g/mol. The number of nitrogens with one attached hydrogen (secondary N) is 1. The van der Waals surface area contributed by atoms with Crippen LogP contribution >= 0.6 is 11.6 Å². The Labute approximate surface area is 74.8 Å². The molecule has 2 nitrogen and oxygen atoms in total. The van der Waals surface area contributed by atoms with Crippen LogP contribution in [0.4, 0.5) is 0 Å². The molecule has 2 rings (SSSR count). The van der Waals surface area contributed by atoms with Crippen LogP contribution in [0.2, 0.25) is 0 Å². The van der Waals surface area contributed by atoms with E-state index in [1.807, 2.05) is 18.2 Å². The summed E-state index contributed by atoms with van der Waals surface area (Å²) >= 11 is 5.66. The van der Waals surface area contributed by atoms with Gasteiger partial charge in [-0.2, -0.15) is 0 Å². The normalized spacial score (nSPS) is 10.8. The van der Waals surface area contributed by atoms with Gasteiger partial charge >= 0.3 is 0 Å². The molecule has 12 heavy (non-hydrogen) atoms. The summed E-state index contributed by atoms with van der Waals surface area (Å²) in [6.45, 7) is 0. The summed E-state index contributed by atoms with van der Waals surface area (Å²) in [6.07, 6.45) is 0. The van der Waals surface area contributed by atoms with E-state index < -0.39 is 0 Å². The highest BCUT2D eigenvalue weighted by atomic mass is 35.5. The third-order valence-electron chi connectivity index (χ3n) is 1.83. The first-order chi connectivity index (χ1) is 5.79. The van der Waals surface area contributed by atoms with Crippen molar-refractivity contribution in [3.05, 3.63) is 29.8 Å². The van der Waals surface area contributed by atoms with Gasteiger partial charge in [-0.3, -0.25) is 0 Å². The molecule has 2 aromatic rings. The highest BCUT2D eigenvalue weighted by Crippen LogP contribution is 2.20. The molecule has 0 atom stereocenters. The fourth-order valence-electron chi connectivity index (χ4n) is 1.25. The summed E-state index contributed by atoms with van der Waals surface area (Å²) in [5.74, 6) is 0.693. The number of hydrogen-bond donors (Lipinski definition) is 2. The van der Waals surface area contributed by atoms with Crippen molar-refractivity contribution in [2.45, 2.75) is 5.88 Å². The second-order valence-electron chi connectivity index (χ2n) is 2.71. The van der Waals surface area contributed by atoms with Gasteiger partial charge in [0.2, 0.25) is 0 Å². The molecule has 1 aromatic carbocycles. The second-order valence-corrected chi connectivity index (χ2v) is 2.98. The van der Waals surface area contributed by atoms with E-state index >= 15 is 0 Å². The Balaban J connectivity index is 2.66. The van der Waals surface area contributed by atoms with Crippen LogP contribution < -0.4 is 0 Å². The SMILES string of the molecule is Oc1cc2cc(CCl)ccc2[nH]1. The quantitative estimate of drug-likeness (QED) is 0.652. The molecule has 0 saturated heterocycles. The maximum atomic E-state index is 9.13. The standard InChI is InChI=1S/C9H8ClNO/c10-5-6-1-2-8-7(3-6)4-9(12)11-8/h1-4,11-12H,5H2. The number of halogens is 1. The molecule has 0 spiro atoms. The van der Waals surface area contributed by atoms with Crippen LogP contribution in [0.3, 0.4) is 0 Å². The molecule has 1 aromatic heterocycles. The zero-order valence-electron chi connectivity index (χ0n) is 6.34. The molecule has 62 valence electrons. The second kappa shape index (κ2) is 2.72. The van der Waals surface area contributed by atoms with Gasteiger partial charge in [-0.25, -0.2) is 0 Å². The average molecular weight is 182 g/mol. The zero-order valence-corrected chi connectivity index (χ0v) is 7.10. The zero-order chi connectivity index (χ0) is 8.55. The number of fused-ring (bicyclic) bond motifs is 1. The van der Waals surface area contributed by atoms with Gasteiger partial charge in [0.25, 0.3) is 0 Å². The minimum atomic E-state index is 0.191. The first-order valence-corrected chi connectivity index (χ1v) is 4.19. The number of aromatic amines is 1. The van der Waals surface area contributed by atoms with Crippen LogP contribution in [0.1, 0.15) is 5.56 Å². The maximum Gasteiger partial charge on any atom is 0.189 e. The first-order valence-electron chi connectivity index (χ1n) is 3.66. The molecule has 0 aliphatic rings. The Kier molecular flexibility index (Phi) is 1.70. The predicted molar refractivity (Wildman–Crippen MR) is 49.5 cm³/mol. The lowest BCUT2D eigenvalue weighted by molar-refractivity contribution is 0.458. The van der Waals surface area contributed by atoms with E-state index in [9.17, 15) is 0 Å². The summed E-state index contributed by atoms with van der Waals surface area (Å²) in [7, 11) is 0. The molecule has 0 aliphatic heterocycles. The van der Waals surface area contributed by atoms with Crippen LogP contribution in [0, 0.1) is 0 Å². The topological polar surface area (TPSA) is 36.0 Å². The number of rotatable bonds is 1. The Morgan fingerprint density at radius 3 is 2.92 bits per heavy atom. The molecule has 0 unspecified atom stereocenters. The molecule has 2 N–H and O–H groups in total. The van der Waals surface area contributed by atoms with E-state index in [1.165, 1.54) is 0 Å². The van der Waals surface area contributed by atoms with Gasteiger partial charge in [0.15, 0.2) is 5.88 Å². The first kappa shape index (κ1) is 7.50. The predicted octanol–water partition coefficient (Wildman–Crippen LogP) is 2.61.